The summed E-state index contributed by atoms with van der Waals surface area (Å²) in [4.78, 5) is 26.3. The van der Waals surface area contributed by atoms with E-state index in [4.69, 9.17) is 5.73 Å². The highest BCUT2D eigenvalue weighted by molar-refractivity contribution is 6.00. The Kier molecular flexibility index (Phi) is 4.75. The van der Waals surface area contributed by atoms with Gasteiger partial charge in [0.2, 0.25) is 11.8 Å². The van der Waals surface area contributed by atoms with E-state index in [1.165, 1.54) is 11.0 Å². The van der Waals surface area contributed by atoms with E-state index < -0.39 is 17.6 Å². The van der Waals surface area contributed by atoms with Gasteiger partial charge in [0, 0.05) is 24.7 Å². The fourth-order valence-electron chi connectivity index (χ4n) is 4.09. The molecular formula is C21H21F2N3O2. The van der Waals surface area contributed by atoms with Gasteiger partial charge in [0.05, 0.1) is 17.6 Å². The number of fused-ring (bicyclic) bond motifs is 1. The van der Waals surface area contributed by atoms with E-state index in [2.05, 4.69) is 5.32 Å². The third kappa shape index (κ3) is 3.44. The summed E-state index contributed by atoms with van der Waals surface area (Å²) in [7, 11) is 0. The predicted molar refractivity (Wildman–Crippen MR) is 101 cm³/mol. The van der Waals surface area contributed by atoms with Crippen molar-refractivity contribution in [2.75, 3.05) is 17.2 Å². The quantitative estimate of drug-likeness (QED) is 0.798. The van der Waals surface area contributed by atoms with Crippen molar-refractivity contribution in [2.24, 2.45) is 5.92 Å². The van der Waals surface area contributed by atoms with E-state index in [9.17, 15) is 18.4 Å². The Bertz CT molecular complexity index is 947. The van der Waals surface area contributed by atoms with Gasteiger partial charge in [0.1, 0.15) is 11.6 Å². The Hall–Kier alpha value is -2.96. The number of benzene rings is 2. The molecular weight excluding hydrogens is 364 g/mol. The summed E-state index contributed by atoms with van der Waals surface area (Å²) < 4.78 is 27.2. The Morgan fingerprint density at radius 3 is 2.79 bits per heavy atom. The maximum atomic E-state index is 14.0. The van der Waals surface area contributed by atoms with Crippen molar-refractivity contribution in [2.45, 2.75) is 31.7 Å². The molecule has 1 fully saturated rings. The molecule has 7 heteroatoms. The molecule has 4 rings (SSSR count). The molecule has 2 unspecified atom stereocenters. The summed E-state index contributed by atoms with van der Waals surface area (Å²) in [6, 6.07) is 8.64. The molecule has 2 aromatic carbocycles. The molecule has 0 saturated carbocycles. The standard InChI is InChI=1S/C21H21F2N3O2/c22-14-4-7-19(17(23)10-14)26-11-13(9-20(26)27)21(28)25-18-3-1-2-12-8-15(24)5-6-16(12)18/h4-8,10,13,18H,1-3,9,11,24H2,(H,25,28). The van der Waals surface area contributed by atoms with Gasteiger partial charge in [-0.05, 0) is 54.7 Å². The topological polar surface area (TPSA) is 75.4 Å². The normalized spacial score (nSPS) is 21.5. The van der Waals surface area contributed by atoms with Crippen LogP contribution in [0.3, 0.4) is 0 Å². The number of carbonyl (C=O) groups is 2. The van der Waals surface area contributed by atoms with Gasteiger partial charge in [0.15, 0.2) is 0 Å². The smallest absolute Gasteiger partial charge is 0.227 e. The summed E-state index contributed by atoms with van der Waals surface area (Å²) in [5.41, 5.74) is 8.74. The van der Waals surface area contributed by atoms with Crippen LogP contribution in [0.5, 0.6) is 0 Å². The highest BCUT2D eigenvalue weighted by Crippen LogP contribution is 2.33. The zero-order valence-electron chi connectivity index (χ0n) is 15.3. The fourth-order valence-corrected chi connectivity index (χ4v) is 4.09. The number of hydrogen-bond acceptors (Lipinski definition) is 3. The zero-order chi connectivity index (χ0) is 19.8. The number of nitrogens with two attached hydrogens (primary N) is 1. The van der Waals surface area contributed by atoms with Crippen LogP contribution in [0.15, 0.2) is 36.4 Å². The molecule has 3 N–H and O–H groups in total. The van der Waals surface area contributed by atoms with E-state index in [0.29, 0.717) is 5.69 Å². The largest absolute Gasteiger partial charge is 0.399 e. The van der Waals surface area contributed by atoms with Gasteiger partial charge in [0.25, 0.3) is 0 Å². The maximum absolute atomic E-state index is 14.0. The lowest BCUT2D eigenvalue weighted by Crippen LogP contribution is -2.37. The Balaban J connectivity index is 1.48. The first-order chi connectivity index (χ1) is 13.4. The summed E-state index contributed by atoms with van der Waals surface area (Å²) in [5, 5.41) is 3.04. The van der Waals surface area contributed by atoms with Crippen molar-refractivity contribution < 1.29 is 18.4 Å². The van der Waals surface area contributed by atoms with Crippen molar-refractivity contribution in [3.05, 3.63) is 59.2 Å². The van der Waals surface area contributed by atoms with Gasteiger partial charge in [-0.3, -0.25) is 9.59 Å². The molecule has 0 radical (unpaired) electrons. The van der Waals surface area contributed by atoms with Gasteiger partial charge in [-0.25, -0.2) is 8.78 Å². The number of anilines is 2. The minimum atomic E-state index is -0.812. The van der Waals surface area contributed by atoms with Crippen LogP contribution in [0.1, 0.15) is 36.4 Å². The number of hydrogen-bond donors (Lipinski definition) is 2. The Morgan fingerprint density at radius 1 is 1.18 bits per heavy atom. The van der Waals surface area contributed by atoms with Crippen LogP contribution in [0.25, 0.3) is 0 Å². The minimum absolute atomic E-state index is 0.000173. The van der Waals surface area contributed by atoms with Crippen LogP contribution in [0.2, 0.25) is 0 Å². The van der Waals surface area contributed by atoms with Crippen LogP contribution in [-0.4, -0.2) is 18.4 Å². The summed E-state index contributed by atoms with van der Waals surface area (Å²) in [6.07, 6.45) is 2.69. The molecule has 2 aliphatic rings. The van der Waals surface area contributed by atoms with Crippen molar-refractivity contribution in [3.8, 4) is 0 Å². The van der Waals surface area contributed by atoms with Crippen molar-refractivity contribution in [1.29, 1.82) is 0 Å². The average Bonchev–Trinajstić information content (AvgIpc) is 3.03. The van der Waals surface area contributed by atoms with E-state index >= 15 is 0 Å². The fraction of sp³-hybridized carbons (Fsp3) is 0.333. The highest BCUT2D eigenvalue weighted by Gasteiger charge is 2.37. The average molecular weight is 385 g/mol. The molecule has 5 nitrogen and oxygen atoms in total. The van der Waals surface area contributed by atoms with Crippen molar-refractivity contribution in [1.82, 2.24) is 5.32 Å². The van der Waals surface area contributed by atoms with Crippen LogP contribution in [-0.2, 0) is 16.0 Å². The molecule has 2 amide bonds. The number of nitrogens with zero attached hydrogens (tertiary/aromatic N) is 1. The number of amides is 2. The third-order valence-electron chi connectivity index (χ3n) is 5.49. The second kappa shape index (κ2) is 7.22. The second-order valence-corrected chi connectivity index (χ2v) is 7.41. The maximum Gasteiger partial charge on any atom is 0.227 e. The van der Waals surface area contributed by atoms with Crippen molar-refractivity contribution in [3.63, 3.8) is 0 Å². The van der Waals surface area contributed by atoms with Crippen LogP contribution in [0, 0.1) is 17.6 Å². The van der Waals surface area contributed by atoms with Gasteiger partial charge >= 0.3 is 0 Å². The third-order valence-corrected chi connectivity index (χ3v) is 5.49. The minimum Gasteiger partial charge on any atom is -0.399 e. The second-order valence-electron chi connectivity index (χ2n) is 7.41. The van der Waals surface area contributed by atoms with E-state index in [-0.39, 0.29) is 36.5 Å². The Labute approximate surface area is 161 Å². The lowest BCUT2D eigenvalue weighted by Gasteiger charge is -2.27. The SMILES string of the molecule is Nc1ccc2c(c1)CCCC2NC(=O)C1CC(=O)N(c2ccc(F)cc2F)C1. The van der Waals surface area contributed by atoms with Crippen LogP contribution in [0.4, 0.5) is 20.2 Å². The first-order valence-electron chi connectivity index (χ1n) is 9.36. The number of rotatable bonds is 3. The molecule has 146 valence electrons. The van der Waals surface area contributed by atoms with E-state index in [0.717, 1.165) is 42.5 Å². The summed E-state index contributed by atoms with van der Waals surface area (Å²) in [5.74, 6) is -2.67. The molecule has 0 aromatic heterocycles. The van der Waals surface area contributed by atoms with Gasteiger partial charge in [-0.15, -0.1) is 0 Å². The molecule has 1 saturated heterocycles. The molecule has 1 aliphatic carbocycles. The number of aryl methyl sites for hydroxylation is 1. The lowest BCUT2D eigenvalue weighted by atomic mass is 9.87. The molecule has 0 spiro atoms. The molecule has 1 heterocycles. The van der Waals surface area contributed by atoms with E-state index in [1.54, 1.807) is 0 Å². The zero-order valence-corrected chi connectivity index (χ0v) is 15.3. The summed E-state index contributed by atoms with van der Waals surface area (Å²) >= 11 is 0. The number of halogens is 2. The van der Waals surface area contributed by atoms with Crippen LogP contribution >= 0.6 is 0 Å². The molecule has 2 aromatic rings. The number of nitrogen functional groups attached to an aromatic ring is 1. The van der Waals surface area contributed by atoms with Crippen LogP contribution < -0.4 is 16.0 Å². The van der Waals surface area contributed by atoms with Gasteiger partial charge in [-0.2, -0.15) is 0 Å². The number of carbonyl (C=O) groups excluding carboxylic acids is 2. The molecule has 1 aliphatic heterocycles. The lowest BCUT2D eigenvalue weighted by molar-refractivity contribution is -0.127. The summed E-state index contributed by atoms with van der Waals surface area (Å²) in [6.45, 7) is 0.0779. The number of nitrogens with one attached hydrogen (secondary N) is 1. The van der Waals surface area contributed by atoms with Gasteiger partial charge < -0.3 is 16.0 Å². The van der Waals surface area contributed by atoms with Gasteiger partial charge in [-0.1, -0.05) is 6.07 Å². The molecule has 0 bridgehead atoms. The highest BCUT2D eigenvalue weighted by atomic mass is 19.1. The molecule has 28 heavy (non-hydrogen) atoms. The van der Waals surface area contributed by atoms with Crippen molar-refractivity contribution >= 4 is 23.2 Å². The molecule has 2 atom stereocenters. The van der Waals surface area contributed by atoms with E-state index in [1.807, 2.05) is 18.2 Å². The predicted octanol–water partition coefficient (Wildman–Crippen LogP) is 3.09. The first-order valence-corrected chi connectivity index (χ1v) is 9.36. The Morgan fingerprint density at radius 2 is 2.00 bits per heavy atom. The first kappa shape index (κ1) is 18.4. The monoisotopic (exact) mass is 385 g/mol.